The summed E-state index contributed by atoms with van der Waals surface area (Å²) in [5, 5.41) is 0. The van der Waals surface area contributed by atoms with Crippen molar-refractivity contribution in [2.45, 2.75) is 25.4 Å². The van der Waals surface area contributed by atoms with Crippen LogP contribution in [0.2, 0.25) is 0 Å². The number of amides is 1. The highest BCUT2D eigenvalue weighted by molar-refractivity contribution is 5.79. The molecule has 0 N–H and O–H groups in total. The SMILES string of the molecule is O=C([C@H]1CCCOC1)N1CC[C@H](Oc2cccnc2)C1. The molecule has 0 aliphatic carbocycles. The Morgan fingerprint density at radius 1 is 1.45 bits per heavy atom. The molecule has 0 aromatic carbocycles. The Morgan fingerprint density at radius 3 is 3.15 bits per heavy atom. The van der Waals surface area contributed by atoms with Crippen LogP contribution >= 0.6 is 0 Å². The fourth-order valence-electron chi connectivity index (χ4n) is 2.83. The number of carbonyl (C=O) groups excluding carboxylic acids is 1. The third-order valence-corrected chi connectivity index (χ3v) is 3.90. The minimum Gasteiger partial charge on any atom is -0.487 e. The minimum absolute atomic E-state index is 0.0425. The average molecular weight is 276 g/mol. The van der Waals surface area contributed by atoms with Gasteiger partial charge in [0.2, 0.25) is 5.91 Å². The Balaban J connectivity index is 1.52. The summed E-state index contributed by atoms with van der Waals surface area (Å²) in [6, 6.07) is 3.75. The Morgan fingerprint density at radius 2 is 2.40 bits per heavy atom. The predicted molar refractivity (Wildman–Crippen MR) is 73.4 cm³/mol. The second kappa shape index (κ2) is 6.22. The van der Waals surface area contributed by atoms with Gasteiger partial charge in [-0.3, -0.25) is 9.78 Å². The first-order valence-electron chi connectivity index (χ1n) is 7.26. The summed E-state index contributed by atoms with van der Waals surface area (Å²) in [6.45, 7) is 2.81. The van der Waals surface area contributed by atoms with Gasteiger partial charge < -0.3 is 14.4 Å². The lowest BCUT2D eigenvalue weighted by Crippen LogP contribution is -2.39. The highest BCUT2D eigenvalue weighted by Crippen LogP contribution is 2.22. The van der Waals surface area contributed by atoms with Gasteiger partial charge in [0.1, 0.15) is 11.9 Å². The first kappa shape index (κ1) is 13.4. The van der Waals surface area contributed by atoms with E-state index < -0.39 is 0 Å². The molecule has 20 heavy (non-hydrogen) atoms. The highest BCUT2D eigenvalue weighted by atomic mass is 16.5. The molecule has 2 atom stereocenters. The molecule has 1 aromatic rings. The quantitative estimate of drug-likeness (QED) is 0.839. The van der Waals surface area contributed by atoms with Crippen LogP contribution in [0.3, 0.4) is 0 Å². The van der Waals surface area contributed by atoms with Crippen molar-refractivity contribution in [3.05, 3.63) is 24.5 Å². The zero-order valence-electron chi connectivity index (χ0n) is 11.5. The second-order valence-electron chi connectivity index (χ2n) is 5.42. The Kier molecular flexibility index (Phi) is 4.16. The number of hydrogen-bond acceptors (Lipinski definition) is 4. The number of aromatic nitrogens is 1. The second-order valence-corrected chi connectivity index (χ2v) is 5.42. The molecular weight excluding hydrogens is 256 g/mol. The standard InChI is InChI=1S/C15H20N2O3/c18-15(12-3-2-8-19-11-12)17-7-5-14(10-17)20-13-4-1-6-16-9-13/h1,4,6,9,12,14H,2-3,5,7-8,10-11H2/t12-,14-/m0/s1. The van der Waals surface area contributed by atoms with E-state index in [9.17, 15) is 4.79 Å². The molecule has 2 fully saturated rings. The summed E-state index contributed by atoms with van der Waals surface area (Å²) in [6.07, 6.45) is 6.32. The van der Waals surface area contributed by atoms with Crippen molar-refractivity contribution < 1.29 is 14.3 Å². The van der Waals surface area contributed by atoms with Gasteiger partial charge in [-0.1, -0.05) is 0 Å². The monoisotopic (exact) mass is 276 g/mol. The van der Waals surface area contributed by atoms with E-state index in [1.54, 1.807) is 12.4 Å². The molecule has 2 saturated heterocycles. The maximum absolute atomic E-state index is 12.4. The molecule has 1 amide bonds. The molecule has 5 nitrogen and oxygen atoms in total. The van der Waals surface area contributed by atoms with Gasteiger partial charge in [0.15, 0.2) is 0 Å². The molecule has 0 unspecified atom stereocenters. The number of ether oxygens (including phenoxy) is 2. The van der Waals surface area contributed by atoms with Crippen LogP contribution in [-0.4, -0.2) is 48.2 Å². The Hall–Kier alpha value is -1.62. The molecule has 3 heterocycles. The van der Waals surface area contributed by atoms with E-state index >= 15 is 0 Å². The van der Waals surface area contributed by atoms with E-state index in [1.165, 1.54) is 0 Å². The van der Waals surface area contributed by atoms with Crippen LogP contribution in [-0.2, 0) is 9.53 Å². The number of rotatable bonds is 3. The maximum Gasteiger partial charge on any atom is 0.228 e. The predicted octanol–water partition coefficient (Wildman–Crippen LogP) is 1.49. The lowest BCUT2D eigenvalue weighted by atomic mass is 10.0. The number of likely N-dealkylation sites (tertiary alicyclic amines) is 1. The molecule has 108 valence electrons. The van der Waals surface area contributed by atoms with Crippen molar-refractivity contribution in [3.63, 3.8) is 0 Å². The molecule has 2 aliphatic heterocycles. The van der Waals surface area contributed by atoms with E-state index in [-0.39, 0.29) is 17.9 Å². The van der Waals surface area contributed by atoms with Gasteiger partial charge in [0, 0.05) is 25.8 Å². The Bertz CT molecular complexity index is 446. The molecule has 0 radical (unpaired) electrons. The average Bonchev–Trinajstić information content (AvgIpc) is 2.97. The van der Waals surface area contributed by atoms with Crippen molar-refractivity contribution in [3.8, 4) is 5.75 Å². The van der Waals surface area contributed by atoms with Crippen LogP contribution in [0, 0.1) is 5.92 Å². The molecule has 2 aliphatic rings. The van der Waals surface area contributed by atoms with Crippen molar-refractivity contribution in [1.82, 2.24) is 9.88 Å². The van der Waals surface area contributed by atoms with Crippen LogP contribution in [0.5, 0.6) is 5.75 Å². The number of carbonyl (C=O) groups is 1. The van der Waals surface area contributed by atoms with Crippen molar-refractivity contribution in [1.29, 1.82) is 0 Å². The van der Waals surface area contributed by atoms with Crippen LogP contribution in [0.1, 0.15) is 19.3 Å². The maximum atomic E-state index is 12.4. The van der Waals surface area contributed by atoms with Gasteiger partial charge in [-0.05, 0) is 25.0 Å². The number of nitrogens with zero attached hydrogens (tertiary/aromatic N) is 2. The van der Waals surface area contributed by atoms with E-state index in [0.717, 1.165) is 38.2 Å². The van der Waals surface area contributed by atoms with Gasteiger partial charge in [-0.25, -0.2) is 0 Å². The molecule has 0 bridgehead atoms. The van der Waals surface area contributed by atoms with Crippen LogP contribution in [0.15, 0.2) is 24.5 Å². The number of hydrogen-bond donors (Lipinski definition) is 0. The third-order valence-electron chi connectivity index (χ3n) is 3.90. The summed E-state index contributed by atoms with van der Waals surface area (Å²) in [4.78, 5) is 18.3. The van der Waals surface area contributed by atoms with E-state index in [2.05, 4.69) is 4.98 Å². The molecule has 5 heteroatoms. The zero-order chi connectivity index (χ0) is 13.8. The van der Waals surface area contributed by atoms with Gasteiger partial charge in [-0.2, -0.15) is 0 Å². The largest absolute Gasteiger partial charge is 0.487 e. The normalized spacial score (nSPS) is 26.5. The van der Waals surface area contributed by atoms with E-state index in [4.69, 9.17) is 9.47 Å². The van der Waals surface area contributed by atoms with Gasteiger partial charge >= 0.3 is 0 Å². The lowest BCUT2D eigenvalue weighted by Gasteiger charge is -2.26. The summed E-state index contributed by atoms with van der Waals surface area (Å²) >= 11 is 0. The minimum atomic E-state index is 0.0425. The molecule has 1 aromatic heterocycles. The highest BCUT2D eigenvalue weighted by Gasteiger charge is 2.32. The summed E-state index contributed by atoms with van der Waals surface area (Å²) < 4.78 is 11.3. The smallest absolute Gasteiger partial charge is 0.228 e. The topological polar surface area (TPSA) is 51.7 Å². The summed E-state index contributed by atoms with van der Waals surface area (Å²) in [5.41, 5.74) is 0. The molecular formula is C15H20N2O3. The van der Waals surface area contributed by atoms with Gasteiger partial charge in [0.05, 0.1) is 25.3 Å². The van der Waals surface area contributed by atoms with Gasteiger partial charge in [0.25, 0.3) is 0 Å². The molecule has 0 saturated carbocycles. The van der Waals surface area contributed by atoms with E-state index in [0.29, 0.717) is 13.2 Å². The third kappa shape index (κ3) is 3.10. The molecule has 3 rings (SSSR count). The van der Waals surface area contributed by atoms with Crippen LogP contribution in [0.4, 0.5) is 0 Å². The first-order valence-corrected chi connectivity index (χ1v) is 7.26. The fraction of sp³-hybridized carbons (Fsp3) is 0.600. The van der Waals surface area contributed by atoms with Crippen LogP contribution in [0.25, 0.3) is 0 Å². The Labute approximate surface area is 118 Å². The number of pyridine rings is 1. The zero-order valence-corrected chi connectivity index (χ0v) is 11.5. The van der Waals surface area contributed by atoms with Crippen molar-refractivity contribution >= 4 is 5.91 Å². The molecule has 0 spiro atoms. The van der Waals surface area contributed by atoms with Crippen molar-refractivity contribution in [2.24, 2.45) is 5.92 Å². The lowest BCUT2D eigenvalue weighted by molar-refractivity contribution is -0.138. The van der Waals surface area contributed by atoms with Crippen molar-refractivity contribution in [2.75, 3.05) is 26.3 Å². The van der Waals surface area contributed by atoms with E-state index in [1.807, 2.05) is 17.0 Å². The fourth-order valence-corrected chi connectivity index (χ4v) is 2.83. The van der Waals surface area contributed by atoms with Crippen LogP contribution < -0.4 is 4.74 Å². The van der Waals surface area contributed by atoms with Gasteiger partial charge in [-0.15, -0.1) is 0 Å². The summed E-state index contributed by atoms with van der Waals surface area (Å²) in [5.74, 6) is 1.04. The summed E-state index contributed by atoms with van der Waals surface area (Å²) in [7, 11) is 0. The first-order chi connectivity index (χ1) is 9.83.